The van der Waals surface area contributed by atoms with E-state index in [1.54, 1.807) is 17.2 Å². The van der Waals surface area contributed by atoms with Gasteiger partial charge in [0.25, 0.3) is 0 Å². The van der Waals surface area contributed by atoms with Crippen LogP contribution in [0.1, 0.15) is 40.0 Å². The van der Waals surface area contributed by atoms with Crippen LogP contribution < -0.4 is 4.74 Å². The molecule has 1 aromatic heterocycles. The van der Waals surface area contributed by atoms with Gasteiger partial charge in [0.1, 0.15) is 5.60 Å². The molecule has 0 aliphatic carbocycles. The van der Waals surface area contributed by atoms with Gasteiger partial charge in [0.05, 0.1) is 0 Å². The average molecular weight is 278 g/mol. The Morgan fingerprint density at radius 3 is 2.80 bits per heavy atom. The van der Waals surface area contributed by atoms with Crippen molar-refractivity contribution in [2.24, 2.45) is 0 Å². The van der Waals surface area contributed by atoms with Gasteiger partial charge < -0.3 is 9.47 Å². The monoisotopic (exact) mass is 278 g/mol. The number of rotatable bonds is 2. The summed E-state index contributed by atoms with van der Waals surface area (Å²) in [6.45, 7) is 6.25. The largest absolute Gasteiger partial charge is 0.453 e. The Morgan fingerprint density at radius 1 is 1.35 bits per heavy atom. The maximum Gasteiger partial charge on any atom is 0.413 e. The fraction of sp³-hybridized carbons (Fsp3) is 0.600. The average Bonchev–Trinajstić information content (AvgIpc) is 2.38. The molecule has 2 heterocycles. The van der Waals surface area contributed by atoms with Crippen LogP contribution in [0.5, 0.6) is 5.88 Å². The van der Waals surface area contributed by atoms with E-state index in [4.69, 9.17) is 9.47 Å². The van der Waals surface area contributed by atoms with Crippen LogP contribution in [0.2, 0.25) is 0 Å². The van der Waals surface area contributed by atoms with Crippen molar-refractivity contribution in [3.05, 3.63) is 24.4 Å². The Morgan fingerprint density at radius 2 is 2.15 bits per heavy atom. The molecule has 5 heteroatoms. The predicted molar refractivity (Wildman–Crippen MR) is 75.4 cm³/mol. The SMILES string of the molecule is CC(C)(C)OC(=O)N1CCCCC1Oc1ccccn1. The third kappa shape index (κ3) is 4.11. The van der Waals surface area contributed by atoms with Crippen molar-refractivity contribution < 1.29 is 14.3 Å². The Balaban J connectivity index is 2.03. The predicted octanol–water partition coefficient (Wildman–Crippen LogP) is 3.21. The molecule has 5 nitrogen and oxygen atoms in total. The van der Waals surface area contributed by atoms with Crippen LogP contribution in [-0.2, 0) is 4.74 Å². The number of hydrogen-bond acceptors (Lipinski definition) is 4. The van der Waals surface area contributed by atoms with Gasteiger partial charge in [-0.3, -0.25) is 4.90 Å². The van der Waals surface area contributed by atoms with E-state index in [9.17, 15) is 4.79 Å². The van der Waals surface area contributed by atoms with Gasteiger partial charge in [0.2, 0.25) is 5.88 Å². The molecule has 20 heavy (non-hydrogen) atoms. The summed E-state index contributed by atoms with van der Waals surface area (Å²) < 4.78 is 11.2. The number of pyridine rings is 1. The molecule has 0 radical (unpaired) electrons. The van der Waals surface area contributed by atoms with Crippen molar-refractivity contribution in [1.29, 1.82) is 0 Å². The van der Waals surface area contributed by atoms with E-state index in [0.717, 1.165) is 19.3 Å². The molecule has 1 aliphatic rings. The number of hydrogen-bond donors (Lipinski definition) is 0. The summed E-state index contributed by atoms with van der Waals surface area (Å²) in [6, 6.07) is 5.49. The lowest BCUT2D eigenvalue weighted by atomic mass is 10.1. The quantitative estimate of drug-likeness (QED) is 0.833. The molecule has 0 N–H and O–H groups in total. The van der Waals surface area contributed by atoms with Crippen molar-refractivity contribution in [3.63, 3.8) is 0 Å². The maximum atomic E-state index is 12.2. The zero-order chi connectivity index (χ0) is 14.6. The molecule has 1 fully saturated rings. The number of amides is 1. The van der Waals surface area contributed by atoms with E-state index in [0.29, 0.717) is 12.4 Å². The summed E-state index contributed by atoms with van der Waals surface area (Å²) in [7, 11) is 0. The molecule has 0 bridgehead atoms. The number of carbonyl (C=O) groups excluding carboxylic acids is 1. The lowest BCUT2D eigenvalue weighted by Gasteiger charge is -2.36. The van der Waals surface area contributed by atoms with Crippen LogP contribution in [-0.4, -0.2) is 34.4 Å². The lowest BCUT2D eigenvalue weighted by molar-refractivity contribution is -0.0355. The van der Waals surface area contributed by atoms with Crippen molar-refractivity contribution in [3.8, 4) is 5.88 Å². The van der Waals surface area contributed by atoms with E-state index >= 15 is 0 Å². The summed E-state index contributed by atoms with van der Waals surface area (Å²) in [5.41, 5.74) is -0.496. The van der Waals surface area contributed by atoms with Crippen molar-refractivity contribution in [2.45, 2.75) is 51.9 Å². The topological polar surface area (TPSA) is 51.7 Å². The van der Waals surface area contributed by atoms with Crippen LogP contribution in [0.3, 0.4) is 0 Å². The second-order valence-corrected chi connectivity index (χ2v) is 5.91. The highest BCUT2D eigenvalue weighted by molar-refractivity contribution is 5.68. The van der Waals surface area contributed by atoms with Crippen molar-refractivity contribution in [1.82, 2.24) is 9.88 Å². The van der Waals surface area contributed by atoms with Crippen LogP contribution in [0.4, 0.5) is 4.79 Å². The first kappa shape index (κ1) is 14.6. The van der Waals surface area contributed by atoms with E-state index in [1.807, 2.05) is 32.9 Å². The standard InChI is InChI=1S/C15H22N2O3/c1-15(2,3)20-14(18)17-11-7-5-9-13(17)19-12-8-4-6-10-16-12/h4,6,8,10,13H,5,7,9,11H2,1-3H3. The number of carbonyl (C=O) groups is 1. The first-order valence-corrected chi connectivity index (χ1v) is 7.03. The molecule has 2 rings (SSSR count). The number of nitrogens with zero attached hydrogens (tertiary/aromatic N) is 2. The molecule has 1 amide bonds. The number of aromatic nitrogens is 1. The first-order valence-electron chi connectivity index (χ1n) is 7.03. The molecule has 0 spiro atoms. The van der Waals surface area contributed by atoms with E-state index < -0.39 is 5.60 Å². The van der Waals surface area contributed by atoms with Crippen LogP contribution in [0.15, 0.2) is 24.4 Å². The molecule has 1 aromatic rings. The minimum atomic E-state index is -0.496. The zero-order valence-corrected chi connectivity index (χ0v) is 12.3. The Bertz CT molecular complexity index is 442. The molecule has 1 aliphatic heterocycles. The van der Waals surface area contributed by atoms with Gasteiger partial charge in [0.15, 0.2) is 6.23 Å². The molecule has 1 unspecified atom stereocenters. The van der Waals surface area contributed by atoms with Gasteiger partial charge in [0, 0.05) is 25.2 Å². The Kier molecular flexibility index (Phi) is 4.47. The fourth-order valence-corrected chi connectivity index (χ4v) is 2.11. The number of likely N-dealkylation sites (tertiary alicyclic amines) is 1. The molecule has 1 atom stereocenters. The highest BCUT2D eigenvalue weighted by Gasteiger charge is 2.31. The molecular weight excluding hydrogens is 256 g/mol. The van der Waals surface area contributed by atoms with Gasteiger partial charge >= 0.3 is 6.09 Å². The molecule has 1 saturated heterocycles. The molecule has 0 aromatic carbocycles. The second kappa shape index (κ2) is 6.11. The molecule has 110 valence electrons. The third-order valence-electron chi connectivity index (χ3n) is 2.97. The summed E-state index contributed by atoms with van der Waals surface area (Å²) in [5, 5.41) is 0. The van der Waals surface area contributed by atoms with Crippen molar-refractivity contribution >= 4 is 6.09 Å². The zero-order valence-electron chi connectivity index (χ0n) is 12.3. The highest BCUT2D eigenvalue weighted by Crippen LogP contribution is 2.22. The fourth-order valence-electron chi connectivity index (χ4n) is 2.11. The van der Waals surface area contributed by atoms with Gasteiger partial charge in [-0.25, -0.2) is 9.78 Å². The summed E-state index contributed by atoms with van der Waals surface area (Å²) in [6.07, 6.45) is 3.87. The minimum absolute atomic E-state index is 0.298. The van der Waals surface area contributed by atoms with Gasteiger partial charge in [-0.2, -0.15) is 0 Å². The number of ether oxygens (including phenoxy) is 2. The van der Waals surface area contributed by atoms with E-state index in [2.05, 4.69) is 4.98 Å². The Labute approximate surface area is 119 Å². The summed E-state index contributed by atoms with van der Waals surface area (Å²) in [5.74, 6) is 0.535. The Hall–Kier alpha value is -1.78. The van der Waals surface area contributed by atoms with Gasteiger partial charge in [-0.1, -0.05) is 6.07 Å². The minimum Gasteiger partial charge on any atom is -0.453 e. The van der Waals surface area contributed by atoms with Crippen LogP contribution >= 0.6 is 0 Å². The summed E-state index contributed by atoms with van der Waals surface area (Å²) in [4.78, 5) is 18.0. The van der Waals surface area contributed by atoms with Crippen LogP contribution in [0.25, 0.3) is 0 Å². The highest BCUT2D eigenvalue weighted by atomic mass is 16.6. The van der Waals surface area contributed by atoms with Gasteiger partial charge in [-0.05, 0) is 39.7 Å². The summed E-state index contributed by atoms with van der Waals surface area (Å²) >= 11 is 0. The second-order valence-electron chi connectivity index (χ2n) is 5.91. The van der Waals surface area contributed by atoms with Crippen molar-refractivity contribution in [2.75, 3.05) is 6.54 Å². The van der Waals surface area contributed by atoms with E-state index in [1.165, 1.54) is 0 Å². The van der Waals surface area contributed by atoms with E-state index in [-0.39, 0.29) is 12.3 Å². The van der Waals surface area contributed by atoms with Crippen LogP contribution in [0, 0.1) is 0 Å². The lowest BCUT2D eigenvalue weighted by Crippen LogP contribution is -2.48. The normalized spacial score (nSPS) is 19.6. The smallest absolute Gasteiger partial charge is 0.413 e. The molecule has 0 saturated carbocycles. The number of piperidine rings is 1. The third-order valence-corrected chi connectivity index (χ3v) is 2.97. The van der Waals surface area contributed by atoms with Gasteiger partial charge in [-0.15, -0.1) is 0 Å². The molecular formula is C15H22N2O3. The maximum absolute atomic E-state index is 12.2. The first-order chi connectivity index (χ1) is 9.46.